The lowest BCUT2D eigenvalue weighted by atomic mass is 9.88. The molecule has 1 heterocycles. The van der Waals surface area contributed by atoms with Crippen molar-refractivity contribution in [3.8, 4) is 0 Å². The third-order valence-electron chi connectivity index (χ3n) is 6.58. The smallest absolute Gasteiger partial charge is 0.319 e. The van der Waals surface area contributed by atoms with Gasteiger partial charge in [0.2, 0.25) is 0 Å². The first kappa shape index (κ1) is 17.7. The van der Waals surface area contributed by atoms with E-state index in [0.717, 1.165) is 55.3 Å². The number of hydrogen-bond acceptors (Lipinski definition) is 3. The lowest BCUT2D eigenvalue weighted by Gasteiger charge is -2.39. The zero-order chi connectivity index (χ0) is 17.9. The van der Waals surface area contributed by atoms with Crippen molar-refractivity contribution in [2.75, 3.05) is 49.5 Å². The molecule has 5 heteroatoms. The Balaban J connectivity index is 1.32. The minimum absolute atomic E-state index is 0.130. The largest absolute Gasteiger partial charge is 0.367 e. The van der Waals surface area contributed by atoms with Gasteiger partial charge in [-0.3, -0.25) is 4.90 Å². The second kappa shape index (κ2) is 7.87. The Bertz CT molecular complexity index is 626. The van der Waals surface area contributed by atoms with Gasteiger partial charge in [-0.2, -0.15) is 0 Å². The van der Waals surface area contributed by atoms with Crippen molar-refractivity contribution in [3.63, 3.8) is 0 Å². The molecule has 3 fully saturated rings. The number of nitrogens with zero attached hydrogens (tertiary/aromatic N) is 2. The molecule has 2 N–H and O–H groups in total. The zero-order valence-electron chi connectivity index (χ0n) is 15.9. The fourth-order valence-electron chi connectivity index (χ4n) is 5.29. The number of hydrogen-bond donors (Lipinski definition) is 2. The van der Waals surface area contributed by atoms with Gasteiger partial charge in [-0.1, -0.05) is 18.6 Å². The third kappa shape index (κ3) is 3.83. The second-order valence-corrected chi connectivity index (χ2v) is 8.22. The van der Waals surface area contributed by atoms with Crippen LogP contribution in [0.15, 0.2) is 24.3 Å². The average Bonchev–Trinajstić information content (AvgIpc) is 3.26. The second-order valence-electron chi connectivity index (χ2n) is 8.22. The number of fused-ring (bicyclic) bond motifs is 2. The summed E-state index contributed by atoms with van der Waals surface area (Å²) in [5.41, 5.74) is 2.04. The van der Waals surface area contributed by atoms with Crippen molar-refractivity contribution in [1.82, 2.24) is 10.2 Å². The molecule has 5 nitrogen and oxygen atoms in total. The summed E-state index contributed by atoms with van der Waals surface area (Å²) in [6.45, 7) is 8.20. The maximum absolute atomic E-state index is 11.9. The fraction of sp³-hybridized carbons (Fsp3) is 0.667. The van der Waals surface area contributed by atoms with Crippen LogP contribution in [0.4, 0.5) is 16.2 Å². The molecule has 26 heavy (non-hydrogen) atoms. The molecule has 142 valence electrons. The summed E-state index contributed by atoms with van der Waals surface area (Å²) >= 11 is 0. The van der Waals surface area contributed by atoms with Crippen LogP contribution in [-0.2, 0) is 0 Å². The van der Waals surface area contributed by atoms with Crippen molar-refractivity contribution in [1.29, 1.82) is 0 Å². The summed E-state index contributed by atoms with van der Waals surface area (Å²) < 4.78 is 0. The van der Waals surface area contributed by atoms with E-state index < -0.39 is 0 Å². The fourth-order valence-corrected chi connectivity index (χ4v) is 5.29. The summed E-state index contributed by atoms with van der Waals surface area (Å²) in [5.74, 6) is 3.01. The third-order valence-corrected chi connectivity index (χ3v) is 6.58. The van der Waals surface area contributed by atoms with Gasteiger partial charge in [-0.15, -0.1) is 0 Å². The van der Waals surface area contributed by atoms with E-state index in [-0.39, 0.29) is 6.03 Å². The Morgan fingerprint density at radius 2 is 1.92 bits per heavy atom. The van der Waals surface area contributed by atoms with E-state index in [1.54, 1.807) is 0 Å². The lowest BCUT2D eigenvalue weighted by molar-refractivity contribution is 0.182. The minimum atomic E-state index is -0.130. The predicted molar refractivity (Wildman–Crippen MR) is 107 cm³/mol. The summed E-state index contributed by atoms with van der Waals surface area (Å²) in [7, 11) is 0. The molecule has 1 aliphatic heterocycles. The lowest BCUT2D eigenvalue weighted by Crippen LogP contribution is -2.48. The summed E-state index contributed by atoms with van der Waals surface area (Å²) in [6, 6.07) is 8.02. The van der Waals surface area contributed by atoms with Crippen molar-refractivity contribution < 1.29 is 4.79 Å². The van der Waals surface area contributed by atoms with Gasteiger partial charge in [0, 0.05) is 39.3 Å². The van der Waals surface area contributed by atoms with Crippen LogP contribution < -0.4 is 15.5 Å². The zero-order valence-corrected chi connectivity index (χ0v) is 15.9. The molecule has 2 bridgehead atoms. The number of para-hydroxylation sites is 2. The number of nitrogens with one attached hydrogen (secondary N) is 2. The molecule has 3 unspecified atom stereocenters. The first-order valence-electron chi connectivity index (χ1n) is 10.3. The molecule has 0 radical (unpaired) electrons. The van der Waals surface area contributed by atoms with Gasteiger partial charge < -0.3 is 15.5 Å². The van der Waals surface area contributed by atoms with Gasteiger partial charge in [0.05, 0.1) is 11.4 Å². The molecule has 4 rings (SSSR count). The van der Waals surface area contributed by atoms with Crippen LogP contribution >= 0.6 is 0 Å². The van der Waals surface area contributed by atoms with Crippen LogP contribution in [0, 0.1) is 17.8 Å². The highest BCUT2D eigenvalue weighted by Crippen LogP contribution is 2.48. The van der Waals surface area contributed by atoms with Crippen LogP contribution in [0.25, 0.3) is 0 Å². The summed E-state index contributed by atoms with van der Waals surface area (Å²) in [6.07, 6.45) is 5.95. The van der Waals surface area contributed by atoms with Gasteiger partial charge >= 0.3 is 6.03 Å². The van der Waals surface area contributed by atoms with Crippen molar-refractivity contribution >= 4 is 17.4 Å². The molecule has 1 aromatic rings. The van der Waals surface area contributed by atoms with E-state index >= 15 is 0 Å². The van der Waals surface area contributed by atoms with E-state index in [0.29, 0.717) is 6.54 Å². The van der Waals surface area contributed by atoms with Crippen molar-refractivity contribution in [3.05, 3.63) is 24.3 Å². The number of rotatable bonds is 5. The van der Waals surface area contributed by atoms with Crippen molar-refractivity contribution in [2.45, 2.75) is 32.6 Å². The van der Waals surface area contributed by atoms with E-state index in [2.05, 4.69) is 32.6 Å². The van der Waals surface area contributed by atoms with Gasteiger partial charge in [0.25, 0.3) is 0 Å². The van der Waals surface area contributed by atoms with Gasteiger partial charge in [-0.05, 0) is 56.1 Å². The highest BCUT2D eigenvalue weighted by molar-refractivity contribution is 5.93. The molecule has 3 aliphatic rings. The molecule has 3 atom stereocenters. The number of benzene rings is 1. The van der Waals surface area contributed by atoms with Crippen LogP contribution in [0.5, 0.6) is 0 Å². The van der Waals surface area contributed by atoms with Crippen LogP contribution in [0.1, 0.15) is 32.6 Å². The number of carbonyl (C=O) groups excluding carboxylic acids is 1. The number of anilines is 2. The minimum Gasteiger partial charge on any atom is -0.367 e. The van der Waals surface area contributed by atoms with Crippen molar-refractivity contribution in [2.24, 2.45) is 17.8 Å². The van der Waals surface area contributed by atoms with Gasteiger partial charge in [0.1, 0.15) is 0 Å². The number of amides is 2. The summed E-state index contributed by atoms with van der Waals surface area (Å²) in [4.78, 5) is 17.0. The molecular weight excluding hydrogens is 324 g/mol. The number of urea groups is 1. The summed E-state index contributed by atoms with van der Waals surface area (Å²) in [5, 5.41) is 5.80. The Morgan fingerprint density at radius 1 is 1.12 bits per heavy atom. The first-order chi connectivity index (χ1) is 12.7. The van der Waals surface area contributed by atoms with Crippen LogP contribution in [0.2, 0.25) is 0 Å². The van der Waals surface area contributed by atoms with Crippen LogP contribution in [0.3, 0.4) is 0 Å². The van der Waals surface area contributed by atoms with E-state index in [4.69, 9.17) is 0 Å². The maximum atomic E-state index is 11.9. The number of piperazine rings is 1. The molecule has 2 aliphatic carbocycles. The Kier molecular flexibility index (Phi) is 5.34. The molecule has 2 amide bonds. The Labute approximate surface area is 157 Å². The molecular formula is C21H32N4O. The average molecular weight is 357 g/mol. The van der Waals surface area contributed by atoms with E-state index in [1.807, 2.05) is 19.1 Å². The van der Waals surface area contributed by atoms with Crippen LogP contribution in [-0.4, -0.2) is 50.2 Å². The topological polar surface area (TPSA) is 47.6 Å². The highest BCUT2D eigenvalue weighted by atomic mass is 16.2. The Hall–Kier alpha value is -1.75. The van der Waals surface area contributed by atoms with Gasteiger partial charge in [0.15, 0.2) is 0 Å². The molecule has 0 spiro atoms. The van der Waals surface area contributed by atoms with E-state index in [9.17, 15) is 4.79 Å². The van der Waals surface area contributed by atoms with E-state index in [1.165, 1.54) is 32.2 Å². The molecule has 2 saturated carbocycles. The normalized spacial score (nSPS) is 28.3. The first-order valence-corrected chi connectivity index (χ1v) is 10.3. The molecule has 0 aromatic heterocycles. The molecule has 1 aromatic carbocycles. The quantitative estimate of drug-likeness (QED) is 0.850. The molecule has 1 saturated heterocycles. The Morgan fingerprint density at radius 3 is 2.62 bits per heavy atom. The van der Waals surface area contributed by atoms with Gasteiger partial charge in [-0.25, -0.2) is 4.79 Å². The monoisotopic (exact) mass is 356 g/mol. The highest BCUT2D eigenvalue weighted by Gasteiger charge is 2.40. The SMILES string of the molecule is CCNC(=O)Nc1ccccc1N1CCN(CC2CC3CCC2C3)CC1. The predicted octanol–water partition coefficient (Wildman–Crippen LogP) is 3.39. The maximum Gasteiger partial charge on any atom is 0.319 e. The number of carbonyl (C=O) groups is 1. The standard InChI is InChI=1S/C21H32N4O/c1-2-22-21(26)23-19-5-3-4-6-20(19)25-11-9-24(10-12-25)15-18-14-16-7-8-17(18)13-16/h3-6,16-18H,2,7-15H2,1H3,(H2,22,23,26).